The summed E-state index contributed by atoms with van der Waals surface area (Å²) in [6.07, 6.45) is 1.81. The number of amides is 1. The first kappa shape index (κ1) is 16.9. The lowest BCUT2D eigenvalue weighted by Gasteiger charge is -2.09. The fraction of sp³-hybridized carbons (Fsp3) is 0.231. The first-order chi connectivity index (χ1) is 9.58. The molecule has 0 fully saturated rings. The van der Waals surface area contributed by atoms with Crippen LogP contribution >= 0.6 is 31.9 Å². The summed E-state index contributed by atoms with van der Waals surface area (Å²) in [6.45, 7) is 1.11. The fourth-order valence-electron chi connectivity index (χ4n) is 1.29. The largest absolute Gasteiger partial charge is 0.493 e. The zero-order chi connectivity index (χ0) is 15.0. The van der Waals surface area contributed by atoms with Crippen molar-refractivity contribution in [2.24, 2.45) is 5.73 Å². The molecule has 7 heteroatoms. The summed E-state index contributed by atoms with van der Waals surface area (Å²) in [5.74, 6) is 0.321. The minimum absolute atomic E-state index is 0.252. The highest BCUT2D eigenvalue weighted by atomic mass is 79.9. The van der Waals surface area contributed by atoms with Crippen LogP contribution in [0.5, 0.6) is 5.75 Å². The highest BCUT2D eigenvalue weighted by Gasteiger charge is 2.10. The van der Waals surface area contributed by atoms with Gasteiger partial charge in [-0.2, -0.15) is 0 Å². The van der Waals surface area contributed by atoms with Crippen LogP contribution in [0.3, 0.4) is 0 Å². The van der Waals surface area contributed by atoms with Gasteiger partial charge >= 0.3 is 0 Å². The van der Waals surface area contributed by atoms with Gasteiger partial charge in [-0.3, -0.25) is 4.79 Å². The molecular weight excluding hydrogens is 390 g/mol. The maximum atomic E-state index is 11.9. The summed E-state index contributed by atoms with van der Waals surface area (Å²) in [6, 6.07) is 7.08. The predicted octanol–water partition coefficient (Wildman–Crippen LogP) is 3.00. The van der Waals surface area contributed by atoms with Gasteiger partial charge in [-0.05, 0) is 57.0 Å². The molecule has 0 saturated heterocycles. The summed E-state index contributed by atoms with van der Waals surface area (Å²) in [5.41, 5.74) is 6.01. The van der Waals surface area contributed by atoms with E-state index in [1.54, 1.807) is 18.2 Å². The second-order valence-electron chi connectivity index (χ2n) is 3.78. The zero-order valence-corrected chi connectivity index (χ0v) is 13.8. The van der Waals surface area contributed by atoms with Crippen LogP contribution in [0.1, 0.15) is 6.42 Å². The van der Waals surface area contributed by atoms with Crippen molar-refractivity contribution in [3.05, 3.63) is 33.2 Å². The average molecular weight is 405 g/mol. The van der Waals surface area contributed by atoms with E-state index in [2.05, 4.69) is 37.2 Å². The molecule has 4 N–H and O–H groups in total. The Kier molecular flexibility index (Phi) is 7.50. The number of carbonyl (C=O) groups excluding carboxylic acids is 1. The second-order valence-corrected chi connectivity index (χ2v) is 5.43. The number of carbonyl (C=O) groups is 1. The third-order valence-corrected chi connectivity index (χ3v) is 4.19. The maximum absolute atomic E-state index is 11.9. The number of halogens is 2. The molecular formula is C13H15Br2N3O2. The second kappa shape index (κ2) is 8.89. The number of hydrogen-bond donors (Lipinski definition) is 3. The number of allylic oxidation sites excluding steroid dienone is 1. The molecule has 5 nitrogen and oxygen atoms in total. The van der Waals surface area contributed by atoms with Gasteiger partial charge in [0, 0.05) is 18.0 Å². The number of nitrogens with one attached hydrogen (secondary N) is 2. The molecule has 0 unspecified atom stereocenters. The third kappa shape index (κ3) is 5.44. The van der Waals surface area contributed by atoms with Gasteiger partial charge in [-0.25, -0.2) is 0 Å². The van der Waals surface area contributed by atoms with E-state index in [-0.39, 0.29) is 10.4 Å². The van der Waals surface area contributed by atoms with Crippen molar-refractivity contribution in [1.82, 2.24) is 0 Å². The molecule has 0 bridgehead atoms. The van der Waals surface area contributed by atoms with E-state index in [1.165, 1.54) is 0 Å². The van der Waals surface area contributed by atoms with Crippen LogP contribution in [0.2, 0.25) is 0 Å². The molecule has 1 aromatic carbocycles. The van der Waals surface area contributed by atoms with Crippen molar-refractivity contribution in [1.29, 1.82) is 5.41 Å². The van der Waals surface area contributed by atoms with Gasteiger partial charge in [-0.1, -0.05) is 6.07 Å². The van der Waals surface area contributed by atoms with E-state index < -0.39 is 0 Å². The molecule has 108 valence electrons. The highest BCUT2D eigenvalue weighted by molar-refractivity contribution is 9.14. The number of ether oxygens (including phenoxy) is 1. The molecule has 1 amide bonds. The number of benzene rings is 1. The van der Waals surface area contributed by atoms with E-state index >= 15 is 0 Å². The van der Waals surface area contributed by atoms with Crippen molar-refractivity contribution in [3.8, 4) is 5.75 Å². The van der Waals surface area contributed by atoms with Crippen molar-refractivity contribution in [2.75, 3.05) is 18.5 Å². The van der Waals surface area contributed by atoms with E-state index in [0.717, 1.165) is 12.6 Å². The van der Waals surface area contributed by atoms with Gasteiger partial charge in [-0.15, -0.1) is 0 Å². The Bertz CT molecular complexity index is 518. The lowest BCUT2D eigenvalue weighted by atomic mass is 10.3. The molecule has 0 aliphatic carbocycles. The van der Waals surface area contributed by atoms with Crippen LogP contribution in [0.4, 0.5) is 5.69 Å². The maximum Gasteiger partial charge on any atom is 0.263 e. The summed E-state index contributed by atoms with van der Waals surface area (Å²) >= 11 is 6.23. The van der Waals surface area contributed by atoms with Crippen molar-refractivity contribution >= 4 is 49.7 Å². The number of anilines is 1. The quantitative estimate of drug-likeness (QED) is 0.370. The minimum atomic E-state index is -0.348. The van der Waals surface area contributed by atoms with Gasteiger partial charge in [0.1, 0.15) is 5.75 Å². The minimum Gasteiger partial charge on any atom is -0.493 e. The number of rotatable bonds is 7. The normalized spacial score (nSPS) is 11.6. The third-order valence-electron chi connectivity index (χ3n) is 2.24. The molecule has 0 aliphatic rings. The Hall–Kier alpha value is -1.18. The van der Waals surface area contributed by atoms with Crippen LogP contribution < -0.4 is 15.8 Å². The standard InChI is InChI=1S/C13H15Br2N3O2/c14-11(8-17)12(15)13(19)18-9-3-1-4-10(7-9)20-6-2-5-16/h1,3-4,7-8,17H,2,5-6,16H2,(H,18,19)/b12-11-,17-8?. The molecule has 0 aliphatic heterocycles. The van der Waals surface area contributed by atoms with E-state index in [4.69, 9.17) is 15.9 Å². The van der Waals surface area contributed by atoms with E-state index in [9.17, 15) is 4.79 Å². The average Bonchev–Trinajstić information content (AvgIpc) is 2.46. The smallest absolute Gasteiger partial charge is 0.263 e. The topological polar surface area (TPSA) is 88.2 Å². The van der Waals surface area contributed by atoms with Gasteiger partial charge in [0.05, 0.1) is 15.6 Å². The molecule has 0 spiro atoms. The first-order valence-electron chi connectivity index (χ1n) is 5.88. The molecule has 0 atom stereocenters. The number of hydrogen-bond acceptors (Lipinski definition) is 4. The van der Waals surface area contributed by atoms with Crippen molar-refractivity contribution < 1.29 is 9.53 Å². The Labute approximate surface area is 134 Å². The molecule has 0 heterocycles. The van der Waals surface area contributed by atoms with Crippen molar-refractivity contribution in [2.45, 2.75) is 6.42 Å². The fourth-order valence-corrected chi connectivity index (χ4v) is 1.69. The highest BCUT2D eigenvalue weighted by Crippen LogP contribution is 2.21. The van der Waals surface area contributed by atoms with Gasteiger partial charge in [0.15, 0.2) is 0 Å². The Morgan fingerprint density at radius 3 is 2.85 bits per heavy atom. The summed E-state index contributed by atoms with van der Waals surface area (Å²) in [5, 5.41) is 9.78. The Morgan fingerprint density at radius 1 is 1.45 bits per heavy atom. The van der Waals surface area contributed by atoms with Crippen LogP contribution in [0.25, 0.3) is 0 Å². The summed E-state index contributed by atoms with van der Waals surface area (Å²) in [7, 11) is 0. The zero-order valence-electron chi connectivity index (χ0n) is 10.7. The Morgan fingerprint density at radius 2 is 2.20 bits per heavy atom. The van der Waals surface area contributed by atoms with Gasteiger partial charge < -0.3 is 21.2 Å². The molecule has 20 heavy (non-hydrogen) atoms. The molecule has 0 saturated carbocycles. The van der Waals surface area contributed by atoms with Crippen LogP contribution in [-0.4, -0.2) is 25.3 Å². The molecule has 1 aromatic rings. The SMILES string of the molecule is N=C/C(Br)=C(/Br)C(=O)Nc1cccc(OCCCN)c1. The van der Waals surface area contributed by atoms with Gasteiger partial charge in [0.25, 0.3) is 5.91 Å². The molecule has 1 rings (SSSR count). The molecule has 0 radical (unpaired) electrons. The first-order valence-corrected chi connectivity index (χ1v) is 7.47. The lowest BCUT2D eigenvalue weighted by Crippen LogP contribution is -2.12. The predicted molar refractivity (Wildman–Crippen MR) is 87.9 cm³/mol. The van der Waals surface area contributed by atoms with E-state index in [0.29, 0.717) is 29.1 Å². The van der Waals surface area contributed by atoms with E-state index in [1.807, 2.05) is 6.07 Å². The molecule has 0 aromatic heterocycles. The summed E-state index contributed by atoms with van der Waals surface area (Å²) < 4.78 is 6.12. The van der Waals surface area contributed by atoms with Gasteiger partial charge in [0.2, 0.25) is 0 Å². The summed E-state index contributed by atoms with van der Waals surface area (Å²) in [4.78, 5) is 11.9. The van der Waals surface area contributed by atoms with Crippen molar-refractivity contribution in [3.63, 3.8) is 0 Å². The van der Waals surface area contributed by atoms with Crippen LogP contribution in [-0.2, 0) is 4.79 Å². The van der Waals surface area contributed by atoms with Crippen LogP contribution in [0, 0.1) is 5.41 Å². The lowest BCUT2D eigenvalue weighted by molar-refractivity contribution is -0.112. The van der Waals surface area contributed by atoms with Crippen LogP contribution in [0.15, 0.2) is 33.2 Å². The monoisotopic (exact) mass is 403 g/mol. The Balaban J connectivity index is 2.71. The number of nitrogens with two attached hydrogens (primary N) is 1.